The summed E-state index contributed by atoms with van der Waals surface area (Å²) in [6.07, 6.45) is 1.84. The van der Waals surface area contributed by atoms with Crippen molar-refractivity contribution in [2.75, 3.05) is 11.4 Å². The Morgan fingerprint density at radius 3 is 2.38 bits per heavy atom. The maximum Gasteiger partial charge on any atom is 0.237 e. The number of benzene rings is 1. The SMILES string of the molecule is NC(=O)CN(C(=O)C1CC1)c1ccccc1. The molecule has 0 aliphatic heterocycles. The van der Waals surface area contributed by atoms with E-state index < -0.39 is 5.91 Å². The number of rotatable bonds is 4. The Kier molecular flexibility index (Phi) is 2.90. The van der Waals surface area contributed by atoms with Crippen molar-refractivity contribution in [2.45, 2.75) is 12.8 Å². The summed E-state index contributed by atoms with van der Waals surface area (Å²) < 4.78 is 0. The number of anilines is 1. The van der Waals surface area contributed by atoms with Crippen LogP contribution in [0.25, 0.3) is 0 Å². The highest BCUT2D eigenvalue weighted by Crippen LogP contribution is 2.32. The highest BCUT2D eigenvalue weighted by molar-refractivity contribution is 6.00. The van der Waals surface area contributed by atoms with Gasteiger partial charge < -0.3 is 10.6 Å². The molecule has 0 heterocycles. The fraction of sp³-hybridized carbons (Fsp3) is 0.333. The number of nitrogens with zero attached hydrogens (tertiary/aromatic N) is 1. The Morgan fingerprint density at radius 2 is 1.88 bits per heavy atom. The van der Waals surface area contributed by atoms with Crippen molar-refractivity contribution < 1.29 is 9.59 Å². The van der Waals surface area contributed by atoms with Crippen LogP contribution in [0.3, 0.4) is 0 Å². The maximum atomic E-state index is 12.0. The van der Waals surface area contributed by atoms with Gasteiger partial charge in [0.1, 0.15) is 6.54 Å². The summed E-state index contributed by atoms with van der Waals surface area (Å²) >= 11 is 0. The Bertz CT molecular complexity index is 399. The first-order chi connectivity index (χ1) is 7.68. The molecule has 0 unspecified atom stereocenters. The van der Waals surface area contributed by atoms with Gasteiger partial charge in [0.2, 0.25) is 11.8 Å². The van der Waals surface area contributed by atoms with Crippen LogP contribution >= 0.6 is 0 Å². The van der Waals surface area contributed by atoms with E-state index in [4.69, 9.17) is 5.73 Å². The molecule has 0 radical (unpaired) electrons. The predicted octanol–water partition coefficient (Wildman–Crippen LogP) is 0.915. The van der Waals surface area contributed by atoms with Crippen LogP contribution in [0.15, 0.2) is 30.3 Å². The van der Waals surface area contributed by atoms with Gasteiger partial charge in [-0.05, 0) is 25.0 Å². The zero-order valence-corrected chi connectivity index (χ0v) is 8.93. The number of nitrogens with two attached hydrogens (primary N) is 1. The van der Waals surface area contributed by atoms with Crippen molar-refractivity contribution >= 4 is 17.5 Å². The van der Waals surface area contributed by atoms with Gasteiger partial charge in [-0.25, -0.2) is 0 Å². The molecule has 84 valence electrons. The topological polar surface area (TPSA) is 63.4 Å². The van der Waals surface area contributed by atoms with E-state index in [-0.39, 0.29) is 18.4 Å². The lowest BCUT2D eigenvalue weighted by atomic mass is 10.2. The molecule has 2 rings (SSSR count). The van der Waals surface area contributed by atoms with Gasteiger partial charge >= 0.3 is 0 Å². The molecule has 1 aromatic carbocycles. The lowest BCUT2D eigenvalue weighted by Crippen LogP contribution is -2.39. The normalized spacial score (nSPS) is 14.5. The molecular formula is C12H14N2O2. The van der Waals surface area contributed by atoms with E-state index in [1.165, 1.54) is 4.90 Å². The maximum absolute atomic E-state index is 12.0. The van der Waals surface area contributed by atoms with E-state index in [0.717, 1.165) is 18.5 Å². The smallest absolute Gasteiger partial charge is 0.237 e. The summed E-state index contributed by atoms with van der Waals surface area (Å²) in [4.78, 5) is 24.4. The zero-order chi connectivity index (χ0) is 11.5. The molecule has 0 saturated heterocycles. The van der Waals surface area contributed by atoms with Gasteiger partial charge in [0, 0.05) is 11.6 Å². The van der Waals surface area contributed by atoms with Crippen molar-refractivity contribution in [3.8, 4) is 0 Å². The van der Waals surface area contributed by atoms with Crippen LogP contribution in [-0.4, -0.2) is 18.4 Å². The first kappa shape index (κ1) is 10.7. The van der Waals surface area contributed by atoms with Crippen LogP contribution < -0.4 is 10.6 Å². The lowest BCUT2D eigenvalue weighted by Gasteiger charge is -2.21. The summed E-state index contributed by atoms with van der Waals surface area (Å²) in [6.45, 7) is -0.0423. The van der Waals surface area contributed by atoms with Crippen LogP contribution in [0.5, 0.6) is 0 Å². The minimum Gasteiger partial charge on any atom is -0.368 e. The quantitative estimate of drug-likeness (QED) is 0.816. The number of hydrogen-bond acceptors (Lipinski definition) is 2. The van der Waals surface area contributed by atoms with Crippen molar-refractivity contribution in [3.63, 3.8) is 0 Å². The van der Waals surface area contributed by atoms with E-state index in [2.05, 4.69) is 0 Å². The lowest BCUT2D eigenvalue weighted by molar-refractivity contribution is -0.123. The summed E-state index contributed by atoms with van der Waals surface area (Å²) in [5.41, 5.74) is 5.89. The molecule has 0 aromatic heterocycles. The van der Waals surface area contributed by atoms with Crippen molar-refractivity contribution in [3.05, 3.63) is 30.3 Å². The third kappa shape index (κ3) is 2.39. The predicted molar refractivity (Wildman–Crippen MR) is 60.7 cm³/mol. The molecule has 0 bridgehead atoms. The van der Waals surface area contributed by atoms with Gasteiger partial charge in [-0.3, -0.25) is 9.59 Å². The molecule has 1 aromatic rings. The molecule has 1 aliphatic rings. The number of primary amides is 1. The molecule has 2 amide bonds. The third-order valence-electron chi connectivity index (χ3n) is 2.57. The second-order valence-electron chi connectivity index (χ2n) is 4.00. The molecule has 1 aliphatic carbocycles. The van der Waals surface area contributed by atoms with Gasteiger partial charge in [-0.1, -0.05) is 18.2 Å². The van der Waals surface area contributed by atoms with Crippen molar-refractivity contribution in [2.24, 2.45) is 11.7 Å². The van der Waals surface area contributed by atoms with Gasteiger partial charge in [0.25, 0.3) is 0 Å². The van der Waals surface area contributed by atoms with Crippen LogP contribution in [0.4, 0.5) is 5.69 Å². The number of hydrogen-bond donors (Lipinski definition) is 1. The minimum absolute atomic E-state index is 0.00463. The summed E-state index contributed by atoms with van der Waals surface area (Å²) in [5, 5.41) is 0. The molecule has 16 heavy (non-hydrogen) atoms. The summed E-state index contributed by atoms with van der Waals surface area (Å²) in [6, 6.07) is 9.16. The Balaban J connectivity index is 2.20. The van der Waals surface area contributed by atoms with Crippen LogP contribution in [0.2, 0.25) is 0 Å². The van der Waals surface area contributed by atoms with Gasteiger partial charge in [-0.2, -0.15) is 0 Å². The van der Waals surface area contributed by atoms with E-state index in [9.17, 15) is 9.59 Å². The Labute approximate surface area is 94.0 Å². The van der Waals surface area contributed by atoms with Gasteiger partial charge in [0.05, 0.1) is 0 Å². The first-order valence-corrected chi connectivity index (χ1v) is 5.33. The number of amides is 2. The molecule has 4 nitrogen and oxygen atoms in total. The van der Waals surface area contributed by atoms with Crippen molar-refractivity contribution in [1.29, 1.82) is 0 Å². The molecule has 1 saturated carbocycles. The monoisotopic (exact) mass is 218 g/mol. The zero-order valence-electron chi connectivity index (χ0n) is 8.93. The van der Waals surface area contributed by atoms with Crippen LogP contribution in [-0.2, 0) is 9.59 Å². The van der Waals surface area contributed by atoms with Crippen LogP contribution in [0.1, 0.15) is 12.8 Å². The standard InChI is InChI=1S/C12H14N2O2/c13-11(15)8-14(12(16)9-6-7-9)10-4-2-1-3-5-10/h1-5,9H,6-8H2,(H2,13,15). The third-order valence-corrected chi connectivity index (χ3v) is 2.57. The largest absolute Gasteiger partial charge is 0.368 e. The van der Waals surface area contributed by atoms with E-state index >= 15 is 0 Å². The Morgan fingerprint density at radius 1 is 1.25 bits per heavy atom. The van der Waals surface area contributed by atoms with E-state index in [1.807, 2.05) is 30.3 Å². The highest BCUT2D eigenvalue weighted by Gasteiger charge is 2.34. The number of carbonyl (C=O) groups excluding carboxylic acids is 2. The molecule has 1 fully saturated rings. The van der Waals surface area contributed by atoms with Crippen molar-refractivity contribution in [1.82, 2.24) is 0 Å². The number of para-hydroxylation sites is 1. The van der Waals surface area contributed by atoms with E-state index in [1.54, 1.807) is 0 Å². The van der Waals surface area contributed by atoms with Gasteiger partial charge in [0.15, 0.2) is 0 Å². The van der Waals surface area contributed by atoms with E-state index in [0.29, 0.717) is 0 Å². The average molecular weight is 218 g/mol. The molecule has 0 atom stereocenters. The van der Waals surface area contributed by atoms with Gasteiger partial charge in [-0.15, -0.1) is 0 Å². The number of carbonyl (C=O) groups is 2. The average Bonchev–Trinajstić information content (AvgIpc) is 3.10. The molecular weight excluding hydrogens is 204 g/mol. The molecule has 4 heteroatoms. The fourth-order valence-electron chi connectivity index (χ4n) is 1.61. The first-order valence-electron chi connectivity index (χ1n) is 5.33. The molecule has 2 N–H and O–H groups in total. The summed E-state index contributed by atoms with van der Waals surface area (Å²) in [7, 11) is 0. The summed E-state index contributed by atoms with van der Waals surface area (Å²) in [5.74, 6) is -0.401. The Hall–Kier alpha value is -1.84. The second kappa shape index (κ2) is 4.35. The van der Waals surface area contributed by atoms with Crippen LogP contribution in [0, 0.1) is 5.92 Å². The molecule has 0 spiro atoms. The second-order valence-corrected chi connectivity index (χ2v) is 4.00. The minimum atomic E-state index is -0.488. The fourth-order valence-corrected chi connectivity index (χ4v) is 1.61. The highest BCUT2D eigenvalue weighted by atomic mass is 16.2.